The fraction of sp³-hybridized carbons (Fsp3) is 0.214. The van der Waals surface area contributed by atoms with Crippen LogP contribution in [0.3, 0.4) is 0 Å². The summed E-state index contributed by atoms with van der Waals surface area (Å²) in [4.78, 5) is 3.99. The van der Waals surface area contributed by atoms with Crippen LogP contribution >= 0.6 is 11.6 Å². The van der Waals surface area contributed by atoms with E-state index in [2.05, 4.69) is 17.2 Å². The largest absolute Gasteiger partial charge is 0.508 e. The molecule has 0 spiro atoms. The molecule has 4 heteroatoms. The van der Waals surface area contributed by atoms with E-state index in [1.54, 1.807) is 30.6 Å². The van der Waals surface area contributed by atoms with Gasteiger partial charge in [-0.25, -0.2) is 0 Å². The number of hydrogen-bond donors (Lipinski definition) is 2. The van der Waals surface area contributed by atoms with Gasteiger partial charge in [0.15, 0.2) is 0 Å². The van der Waals surface area contributed by atoms with Crippen molar-refractivity contribution in [1.82, 2.24) is 10.3 Å². The molecule has 0 aliphatic rings. The fourth-order valence-corrected chi connectivity index (χ4v) is 1.98. The molecule has 0 radical (unpaired) electrons. The first-order valence-corrected chi connectivity index (χ1v) is 6.16. The average molecular weight is 263 g/mol. The standard InChI is InChI=1S/C14H15ClN2O/c1-10(11-5-7-16-8-6-11)17-9-12-13(15)3-2-4-14(12)18/h2-8,10,17-18H,9H2,1H3/t10-/m0/s1. The predicted octanol–water partition coefficient (Wildman–Crippen LogP) is 3.29. The van der Waals surface area contributed by atoms with E-state index >= 15 is 0 Å². The van der Waals surface area contributed by atoms with Gasteiger partial charge in [0.2, 0.25) is 0 Å². The van der Waals surface area contributed by atoms with Crippen molar-refractivity contribution in [3.63, 3.8) is 0 Å². The van der Waals surface area contributed by atoms with Gasteiger partial charge in [0.05, 0.1) is 0 Å². The molecule has 1 heterocycles. The number of rotatable bonds is 4. The van der Waals surface area contributed by atoms with E-state index in [9.17, 15) is 5.11 Å². The predicted molar refractivity (Wildman–Crippen MR) is 72.6 cm³/mol. The monoisotopic (exact) mass is 262 g/mol. The number of nitrogens with zero attached hydrogens (tertiary/aromatic N) is 1. The van der Waals surface area contributed by atoms with Crippen LogP contribution in [0.5, 0.6) is 5.75 Å². The van der Waals surface area contributed by atoms with Crippen LogP contribution in [0.25, 0.3) is 0 Å². The minimum Gasteiger partial charge on any atom is -0.508 e. The molecule has 0 fully saturated rings. The van der Waals surface area contributed by atoms with Gasteiger partial charge in [-0.3, -0.25) is 4.98 Å². The topological polar surface area (TPSA) is 45.1 Å². The maximum absolute atomic E-state index is 9.74. The van der Waals surface area contributed by atoms with Crippen LogP contribution in [0.1, 0.15) is 24.1 Å². The second-order valence-electron chi connectivity index (χ2n) is 4.12. The third-order valence-electron chi connectivity index (χ3n) is 2.89. The summed E-state index contributed by atoms with van der Waals surface area (Å²) in [5, 5.41) is 13.6. The molecule has 18 heavy (non-hydrogen) atoms. The summed E-state index contributed by atoms with van der Waals surface area (Å²) >= 11 is 6.05. The van der Waals surface area contributed by atoms with Crippen molar-refractivity contribution in [3.05, 3.63) is 58.9 Å². The van der Waals surface area contributed by atoms with Crippen molar-refractivity contribution in [3.8, 4) is 5.75 Å². The van der Waals surface area contributed by atoms with E-state index in [-0.39, 0.29) is 11.8 Å². The zero-order valence-corrected chi connectivity index (χ0v) is 10.9. The molecule has 0 amide bonds. The Kier molecular flexibility index (Phi) is 4.18. The first-order chi connectivity index (χ1) is 8.68. The summed E-state index contributed by atoms with van der Waals surface area (Å²) in [5.41, 5.74) is 1.87. The third kappa shape index (κ3) is 3.00. The molecular formula is C14H15ClN2O. The lowest BCUT2D eigenvalue weighted by molar-refractivity contribution is 0.460. The Morgan fingerprint density at radius 3 is 2.67 bits per heavy atom. The quantitative estimate of drug-likeness (QED) is 0.889. The van der Waals surface area contributed by atoms with Gasteiger partial charge in [0, 0.05) is 35.6 Å². The number of nitrogens with one attached hydrogen (secondary N) is 1. The van der Waals surface area contributed by atoms with E-state index in [1.165, 1.54) is 0 Å². The van der Waals surface area contributed by atoms with E-state index in [0.29, 0.717) is 11.6 Å². The van der Waals surface area contributed by atoms with Crippen LogP contribution in [0.2, 0.25) is 5.02 Å². The van der Waals surface area contributed by atoms with Crippen molar-refractivity contribution in [2.45, 2.75) is 19.5 Å². The summed E-state index contributed by atoms with van der Waals surface area (Å²) in [7, 11) is 0. The van der Waals surface area contributed by atoms with Gasteiger partial charge in [-0.15, -0.1) is 0 Å². The van der Waals surface area contributed by atoms with E-state index in [1.807, 2.05) is 12.1 Å². The maximum Gasteiger partial charge on any atom is 0.121 e. The summed E-state index contributed by atoms with van der Waals surface area (Å²) < 4.78 is 0. The van der Waals surface area contributed by atoms with Crippen molar-refractivity contribution >= 4 is 11.6 Å². The highest BCUT2D eigenvalue weighted by Crippen LogP contribution is 2.25. The Morgan fingerprint density at radius 1 is 1.28 bits per heavy atom. The lowest BCUT2D eigenvalue weighted by atomic mass is 10.1. The lowest BCUT2D eigenvalue weighted by Crippen LogP contribution is -2.18. The van der Waals surface area contributed by atoms with Gasteiger partial charge >= 0.3 is 0 Å². The van der Waals surface area contributed by atoms with Crippen LogP contribution < -0.4 is 5.32 Å². The zero-order valence-electron chi connectivity index (χ0n) is 10.1. The maximum atomic E-state index is 9.74. The Labute approximate surface area is 111 Å². The molecule has 0 aliphatic carbocycles. The highest BCUT2D eigenvalue weighted by Gasteiger charge is 2.09. The molecule has 0 aliphatic heterocycles. The molecule has 0 bridgehead atoms. The van der Waals surface area contributed by atoms with Crippen molar-refractivity contribution in [2.24, 2.45) is 0 Å². The van der Waals surface area contributed by atoms with E-state index < -0.39 is 0 Å². The molecule has 0 unspecified atom stereocenters. The molecule has 94 valence electrons. The van der Waals surface area contributed by atoms with Crippen LogP contribution in [-0.4, -0.2) is 10.1 Å². The second-order valence-corrected chi connectivity index (χ2v) is 4.53. The van der Waals surface area contributed by atoms with E-state index in [4.69, 9.17) is 11.6 Å². The molecular weight excluding hydrogens is 248 g/mol. The second kappa shape index (κ2) is 5.85. The number of pyridine rings is 1. The molecule has 1 aromatic carbocycles. The molecule has 1 atom stereocenters. The van der Waals surface area contributed by atoms with Crippen molar-refractivity contribution in [1.29, 1.82) is 0 Å². The SMILES string of the molecule is C[C@H](NCc1c(O)cccc1Cl)c1ccncc1. The molecule has 0 saturated carbocycles. The number of aromatic hydroxyl groups is 1. The first kappa shape index (κ1) is 12.9. The van der Waals surface area contributed by atoms with Crippen LogP contribution in [0.15, 0.2) is 42.7 Å². The summed E-state index contributed by atoms with van der Waals surface area (Å²) in [6.07, 6.45) is 3.53. The first-order valence-electron chi connectivity index (χ1n) is 5.78. The molecule has 1 aromatic heterocycles. The van der Waals surface area contributed by atoms with Gasteiger partial charge in [0.1, 0.15) is 5.75 Å². The number of hydrogen-bond acceptors (Lipinski definition) is 3. The van der Waals surface area contributed by atoms with Gasteiger partial charge in [-0.05, 0) is 36.8 Å². The highest BCUT2D eigenvalue weighted by atomic mass is 35.5. The van der Waals surface area contributed by atoms with Gasteiger partial charge in [-0.2, -0.15) is 0 Å². The van der Waals surface area contributed by atoms with Crippen LogP contribution in [0, 0.1) is 0 Å². The average Bonchev–Trinajstić information content (AvgIpc) is 2.39. The smallest absolute Gasteiger partial charge is 0.121 e. The summed E-state index contributed by atoms with van der Waals surface area (Å²) in [6.45, 7) is 2.58. The number of aromatic nitrogens is 1. The molecule has 2 aromatic rings. The van der Waals surface area contributed by atoms with Crippen molar-refractivity contribution in [2.75, 3.05) is 0 Å². The number of phenols is 1. The number of benzene rings is 1. The van der Waals surface area contributed by atoms with Gasteiger partial charge < -0.3 is 10.4 Å². The van der Waals surface area contributed by atoms with E-state index in [0.717, 1.165) is 11.1 Å². The minimum atomic E-state index is 0.170. The zero-order chi connectivity index (χ0) is 13.0. The third-order valence-corrected chi connectivity index (χ3v) is 3.24. The van der Waals surface area contributed by atoms with Crippen LogP contribution in [0.4, 0.5) is 0 Å². The van der Waals surface area contributed by atoms with Crippen molar-refractivity contribution < 1.29 is 5.11 Å². The lowest BCUT2D eigenvalue weighted by Gasteiger charge is -2.15. The van der Waals surface area contributed by atoms with Gasteiger partial charge in [-0.1, -0.05) is 17.7 Å². The molecule has 3 nitrogen and oxygen atoms in total. The number of halogens is 1. The Hall–Kier alpha value is -1.58. The van der Waals surface area contributed by atoms with Crippen LogP contribution in [-0.2, 0) is 6.54 Å². The normalized spacial score (nSPS) is 12.3. The Balaban J connectivity index is 2.04. The molecule has 2 rings (SSSR count). The summed E-state index contributed by atoms with van der Waals surface area (Å²) in [6, 6.07) is 9.24. The van der Waals surface area contributed by atoms with Gasteiger partial charge in [0.25, 0.3) is 0 Å². The fourth-order valence-electron chi connectivity index (χ4n) is 1.75. The highest BCUT2D eigenvalue weighted by molar-refractivity contribution is 6.31. The number of phenolic OH excluding ortho intramolecular Hbond substituents is 1. The Bertz CT molecular complexity index is 496. The summed E-state index contributed by atoms with van der Waals surface area (Å²) in [5.74, 6) is 0.219. The Morgan fingerprint density at radius 2 is 2.00 bits per heavy atom. The molecule has 2 N–H and O–H groups in total. The minimum absolute atomic E-state index is 0.170. The molecule has 0 saturated heterocycles.